The fraction of sp³-hybridized carbons (Fsp3) is 0.875. The van der Waals surface area contributed by atoms with E-state index >= 15 is 0 Å². The monoisotopic (exact) mass is 155 g/mol. The van der Waals surface area contributed by atoms with Gasteiger partial charge in [0.15, 0.2) is 0 Å². The van der Waals surface area contributed by atoms with Gasteiger partial charge in [0.25, 0.3) is 0 Å². The van der Waals surface area contributed by atoms with Crippen LogP contribution in [0.25, 0.3) is 4.85 Å². The van der Waals surface area contributed by atoms with Gasteiger partial charge in [-0.3, -0.25) is 0 Å². The molecule has 0 saturated heterocycles. The second kappa shape index (κ2) is 4.62. The van der Waals surface area contributed by atoms with Crippen LogP contribution in [-0.4, -0.2) is 17.5 Å². The van der Waals surface area contributed by atoms with E-state index < -0.39 is 0 Å². The van der Waals surface area contributed by atoms with Crippen molar-refractivity contribution in [3.05, 3.63) is 11.4 Å². The van der Waals surface area contributed by atoms with Crippen molar-refractivity contribution in [3.63, 3.8) is 0 Å². The number of nitrogens with zero attached hydrogens (tertiary/aromatic N) is 1. The van der Waals surface area contributed by atoms with E-state index in [2.05, 4.69) is 4.85 Å². The number of hydrogen-bond donors (Lipinski definition) is 0. The third-order valence-corrected chi connectivity index (χ3v) is 3.22. The third-order valence-electron chi connectivity index (χ3n) is 1.86. The van der Waals surface area contributed by atoms with Gasteiger partial charge in [-0.15, -0.1) is 0 Å². The van der Waals surface area contributed by atoms with Crippen LogP contribution in [0.3, 0.4) is 0 Å². The van der Waals surface area contributed by atoms with Crippen LogP contribution in [0.15, 0.2) is 0 Å². The average molecular weight is 155 g/mol. The Balaban J connectivity index is 1.97. The molecule has 1 saturated carbocycles. The van der Waals surface area contributed by atoms with Gasteiger partial charge >= 0.3 is 0 Å². The van der Waals surface area contributed by atoms with Crippen LogP contribution in [0.4, 0.5) is 0 Å². The lowest BCUT2D eigenvalue weighted by Crippen LogP contribution is -1.96. The van der Waals surface area contributed by atoms with E-state index in [1.807, 2.05) is 11.8 Å². The van der Waals surface area contributed by atoms with Crippen molar-refractivity contribution >= 4 is 11.8 Å². The molecule has 0 N–H and O–H groups in total. The molecule has 0 aromatic heterocycles. The Kier molecular flexibility index (Phi) is 3.67. The molecule has 0 atom stereocenters. The Morgan fingerprint density at radius 2 is 2.10 bits per heavy atom. The SMILES string of the molecule is [C-]#[N+]CCSC1CCCC1. The molecule has 0 spiro atoms. The summed E-state index contributed by atoms with van der Waals surface area (Å²) in [7, 11) is 0. The van der Waals surface area contributed by atoms with Gasteiger partial charge in [-0.25, -0.2) is 6.57 Å². The minimum absolute atomic E-state index is 0.709. The zero-order valence-corrected chi connectivity index (χ0v) is 6.99. The second-order valence-electron chi connectivity index (χ2n) is 2.66. The Labute approximate surface area is 67.0 Å². The zero-order chi connectivity index (χ0) is 7.23. The largest absolute Gasteiger partial charge is 0.316 e. The Morgan fingerprint density at radius 3 is 2.70 bits per heavy atom. The fourth-order valence-corrected chi connectivity index (χ4v) is 2.52. The van der Waals surface area contributed by atoms with Crippen LogP contribution >= 0.6 is 11.8 Å². The highest BCUT2D eigenvalue weighted by molar-refractivity contribution is 7.99. The van der Waals surface area contributed by atoms with Crippen molar-refractivity contribution in [1.82, 2.24) is 0 Å². The minimum atomic E-state index is 0.709. The predicted octanol–water partition coefficient (Wildman–Crippen LogP) is 2.58. The van der Waals surface area contributed by atoms with Crippen molar-refractivity contribution in [3.8, 4) is 0 Å². The quantitative estimate of drug-likeness (QED) is 0.448. The van der Waals surface area contributed by atoms with E-state index in [0.717, 1.165) is 11.0 Å². The van der Waals surface area contributed by atoms with E-state index in [1.165, 1.54) is 25.7 Å². The van der Waals surface area contributed by atoms with Crippen molar-refractivity contribution < 1.29 is 0 Å². The van der Waals surface area contributed by atoms with Gasteiger partial charge in [0, 0.05) is 5.25 Å². The molecule has 0 amide bonds. The van der Waals surface area contributed by atoms with E-state index in [4.69, 9.17) is 6.57 Å². The molecule has 0 aromatic carbocycles. The predicted molar refractivity (Wildman–Crippen MR) is 46.2 cm³/mol. The topological polar surface area (TPSA) is 4.36 Å². The number of hydrogen-bond acceptors (Lipinski definition) is 1. The lowest BCUT2D eigenvalue weighted by atomic mass is 10.4. The zero-order valence-electron chi connectivity index (χ0n) is 6.18. The number of thioether (sulfide) groups is 1. The third kappa shape index (κ3) is 2.62. The van der Waals surface area contributed by atoms with Gasteiger partial charge in [-0.1, -0.05) is 12.8 Å². The summed E-state index contributed by atoms with van der Waals surface area (Å²) in [6.07, 6.45) is 5.61. The van der Waals surface area contributed by atoms with Gasteiger partial charge in [-0.2, -0.15) is 11.8 Å². The van der Waals surface area contributed by atoms with Crippen LogP contribution in [0.5, 0.6) is 0 Å². The normalized spacial score (nSPS) is 19.1. The maximum absolute atomic E-state index is 6.59. The molecule has 0 unspecified atom stereocenters. The van der Waals surface area contributed by atoms with E-state index in [-0.39, 0.29) is 0 Å². The van der Waals surface area contributed by atoms with Crippen molar-refractivity contribution in [2.24, 2.45) is 0 Å². The summed E-state index contributed by atoms with van der Waals surface area (Å²) >= 11 is 1.99. The minimum Gasteiger partial charge on any atom is -0.316 e. The smallest absolute Gasteiger partial charge is 0.223 e. The molecule has 0 radical (unpaired) electrons. The summed E-state index contributed by atoms with van der Waals surface area (Å²) in [5.74, 6) is 1.05. The molecular formula is C8H13NS. The highest BCUT2D eigenvalue weighted by atomic mass is 32.2. The molecule has 1 aliphatic carbocycles. The maximum atomic E-state index is 6.59. The second-order valence-corrected chi connectivity index (χ2v) is 4.07. The first-order valence-electron chi connectivity index (χ1n) is 3.88. The lowest BCUT2D eigenvalue weighted by molar-refractivity contribution is 0.886. The van der Waals surface area contributed by atoms with Gasteiger partial charge in [0.1, 0.15) is 0 Å². The summed E-state index contributed by atoms with van der Waals surface area (Å²) in [6, 6.07) is 0. The molecule has 0 aliphatic heterocycles. The maximum Gasteiger partial charge on any atom is 0.223 e. The summed E-state index contributed by atoms with van der Waals surface area (Å²) in [5.41, 5.74) is 0. The van der Waals surface area contributed by atoms with Gasteiger partial charge < -0.3 is 4.85 Å². The first-order chi connectivity index (χ1) is 4.93. The lowest BCUT2D eigenvalue weighted by Gasteiger charge is -2.03. The van der Waals surface area contributed by atoms with Crippen LogP contribution in [0.2, 0.25) is 0 Å². The van der Waals surface area contributed by atoms with Crippen molar-refractivity contribution in [2.75, 3.05) is 12.3 Å². The summed E-state index contributed by atoms with van der Waals surface area (Å²) in [6.45, 7) is 7.30. The Morgan fingerprint density at radius 1 is 1.40 bits per heavy atom. The van der Waals surface area contributed by atoms with E-state index in [0.29, 0.717) is 6.54 Å². The first kappa shape index (κ1) is 7.94. The van der Waals surface area contributed by atoms with E-state index in [9.17, 15) is 0 Å². The van der Waals surface area contributed by atoms with Gasteiger partial charge in [-0.05, 0) is 12.8 Å². The fourth-order valence-electron chi connectivity index (χ4n) is 1.32. The molecule has 1 fully saturated rings. The highest BCUT2D eigenvalue weighted by Crippen LogP contribution is 2.28. The molecule has 10 heavy (non-hydrogen) atoms. The van der Waals surface area contributed by atoms with Crippen LogP contribution in [0.1, 0.15) is 25.7 Å². The summed E-state index contributed by atoms with van der Waals surface area (Å²) in [4.78, 5) is 3.33. The highest BCUT2D eigenvalue weighted by Gasteiger charge is 2.14. The molecule has 0 aromatic rings. The van der Waals surface area contributed by atoms with E-state index in [1.54, 1.807) is 0 Å². The first-order valence-corrected chi connectivity index (χ1v) is 4.93. The Bertz CT molecular complexity index is 122. The van der Waals surface area contributed by atoms with Crippen molar-refractivity contribution in [2.45, 2.75) is 30.9 Å². The summed E-state index contributed by atoms with van der Waals surface area (Å²) < 4.78 is 0. The molecule has 2 heteroatoms. The average Bonchev–Trinajstić information content (AvgIpc) is 2.41. The van der Waals surface area contributed by atoms with Crippen molar-refractivity contribution in [1.29, 1.82) is 0 Å². The standard InChI is InChI=1S/C8H13NS/c1-9-6-7-10-8-4-2-3-5-8/h8H,2-7H2. The molecule has 0 heterocycles. The molecule has 1 aliphatic rings. The van der Waals surface area contributed by atoms with Crippen LogP contribution in [-0.2, 0) is 0 Å². The molecule has 1 nitrogen and oxygen atoms in total. The number of rotatable bonds is 3. The summed E-state index contributed by atoms with van der Waals surface area (Å²) in [5, 5.41) is 0.891. The molecular weight excluding hydrogens is 142 g/mol. The Hall–Kier alpha value is -0.160. The molecule has 1 rings (SSSR count). The van der Waals surface area contributed by atoms with Gasteiger partial charge in [0.2, 0.25) is 6.54 Å². The molecule has 0 bridgehead atoms. The van der Waals surface area contributed by atoms with Crippen LogP contribution in [0, 0.1) is 6.57 Å². The van der Waals surface area contributed by atoms with Gasteiger partial charge in [0.05, 0.1) is 5.75 Å². The van der Waals surface area contributed by atoms with Crippen LogP contribution < -0.4 is 0 Å². The molecule has 56 valence electrons.